The van der Waals surface area contributed by atoms with Gasteiger partial charge in [-0.15, -0.1) is 0 Å². The van der Waals surface area contributed by atoms with E-state index in [0.717, 1.165) is 12.3 Å². The van der Waals surface area contributed by atoms with Gasteiger partial charge >= 0.3 is 6.18 Å². The van der Waals surface area contributed by atoms with Crippen LogP contribution >= 0.6 is 15.9 Å². The van der Waals surface area contributed by atoms with Crippen molar-refractivity contribution in [2.45, 2.75) is 13.1 Å². The standard InChI is InChI=1S/C15H13BrF3N3O2/c1-2-24-12-6-9(5-11(16)14(12)23)7-21-22-13-4-3-10(8-20-13)15(17,18)19/h3-8,23H,2H2,1H3,(H,20,22)/b21-7-. The highest BCUT2D eigenvalue weighted by Crippen LogP contribution is 2.35. The van der Waals surface area contributed by atoms with Crippen molar-refractivity contribution in [2.24, 2.45) is 5.10 Å². The predicted molar refractivity (Wildman–Crippen MR) is 87.4 cm³/mol. The first-order valence-corrected chi connectivity index (χ1v) is 7.58. The zero-order chi connectivity index (χ0) is 17.7. The molecule has 0 saturated carbocycles. The minimum Gasteiger partial charge on any atom is -0.503 e. The Labute approximate surface area is 144 Å². The molecule has 0 amide bonds. The molecule has 2 N–H and O–H groups in total. The molecule has 128 valence electrons. The lowest BCUT2D eigenvalue weighted by molar-refractivity contribution is -0.137. The van der Waals surface area contributed by atoms with E-state index in [4.69, 9.17) is 4.74 Å². The average Bonchev–Trinajstić information content (AvgIpc) is 2.52. The van der Waals surface area contributed by atoms with Gasteiger partial charge in [-0.3, -0.25) is 5.43 Å². The van der Waals surface area contributed by atoms with Crippen LogP contribution in [0.15, 0.2) is 40.0 Å². The molecule has 0 atom stereocenters. The summed E-state index contributed by atoms with van der Waals surface area (Å²) in [7, 11) is 0. The smallest absolute Gasteiger partial charge is 0.417 e. The second-order valence-corrected chi connectivity index (χ2v) is 5.44. The molecule has 0 fully saturated rings. The number of aromatic nitrogens is 1. The molecule has 0 aliphatic carbocycles. The van der Waals surface area contributed by atoms with Gasteiger partial charge in [-0.25, -0.2) is 4.98 Å². The predicted octanol–water partition coefficient (Wildman–Crippen LogP) is 4.41. The zero-order valence-electron chi connectivity index (χ0n) is 12.4. The van der Waals surface area contributed by atoms with E-state index in [1.807, 2.05) is 0 Å². The van der Waals surface area contributed by atoms with E-state index in [0.29, 0.717) is 22.4 Å². The number of hydrazone groups is 1. The Morgan fingerprint density at radius 3 is 2.71 bits per heavy atom. The van der Waals surface area contributed by atoms with Crippen molar-refractivity contribution in [1.29, 1.82) is 0 Å². The number of nitrogens with zero attached hydrogens (tertiary/aromatic N) is 2. The van der Waals surface area contributed by atoms with Gasteiger partial charge in [0.05, 0.1) is 22.9 Å². The van der Waals surface area contributed by atoms with Gasteiger partial charge in [-0.2, -0.15) is 18.3 Å². The second-order valence-electron chi connectivity index (χ2n) is 4.58. The number of hydrogen-bond donors (Lipinski definition) is 2. The molecule has 1 aromatic carbocycles. The minimum absolute atomic E-state index is 0.0219. The first kappa shape index (κ1) is 18.1. The third-order valence-electron chi connectivity index (χ3n) is 2.83. The quantitative estimate of drug-likeness (QED) is 0.572. The molecule has 1 aromatic heterocycles. The average molecular weight is 404 g/mol. The number of nitrogens with one attached hydrogen (secondary N) is 1. The minimum atomic E-state index is -4.43. The molecule has 5 nitrogen and oxygen atoms in total. The number of ether oxygens (including phenoxy) is 1. The van der Waals surface area contributed by atoms with Gasteiger partial charge in [0, 0.05) is 6.20 Å². The van der Waals surface area contributed by atoms with Gasteiger partial charge in [0.2, 0.25) is 0 Å². The summed E-state index contributed by atoms with van der Waals surface area (Å²) in [5, 5.41) is 13.7. The summed E-state index contributed by atoms with van der Waals surface area (Å²) in [5.41, 5.74) is 2.31. The fourth-order valence-corrected chi connectivity index (χ4v) is 2.19. The Morgan fingerprint density at radius 2 is 2.12 bits per heavy atom. The van der Waals surface area contributed by atoms with E-state index in [9.17, 15) is 18.3 Å². The molecule has 0 unspecified atom stereocenters. The van der Waals surface area contributed by atoms with Crippen molar-refractivity contribution in [2.75, 3.05) is 12.0 Å². The number of pyridine rings is 1. The van der Waals surface area contributed by atoms with Gasteiger partial charge in [-0.1, -0.05) is 0 Å². The molecule has 2 aromatic rings. The Kier molecular flexibility index (Phi) is 5.66. The van der Waals surface area contributed by atoms with Gasteiger partial charge < -0.3 is 9.84 Å². The first-order valence-electron chi connectivity index (χ1n) is 6.79. The summed E-state index contributed by atoms with van der Waals surface area (Å²) in [6.45, 7) is 2.17. The molecule has 1 heterocycles. The molecule has 0 aliphatic heterocycles. The van der Waals surface area contributed by atoms with Crippen LogP contribution in [-0.4, -0.2) is 22.9 Å². The number of halogens is 4. The number of rotatable bonds is 5. The number of phenols is 1. The van der Waals surface area contributed by atoms with E-state index in [1.54, 1.807) is 19.1 Å². The van der Waals surface area contributed by atoms with Crippen LogP contribution in [0.5, 0.6) is 11.5 Å². The van der Waals surface area contributed by atoms with Crippen molar-refractivity contribution in [3.05, 3.63) is 46.1 Å². The van der Waals surface area contributed by atoms with E-state index in [1.165, 1.54) is 12.3 Å². The zero-order valence-corrected chi connectivity index (χ0v) is 14.0. The number of aromatic hydroxyl groups is 1. The molecule has 0 bridgehead atoms. The van der Waals surface area contributed by atoms with E-state index >= 15 is 0 Å². The molecule has 9 heteroatoms. The van der Waals surface area contributed by atoms with Crippen LogP contribution in [0.4, 0.5) is 19.0 Å². The molecule has 0 radical (unpaired) electrons. The maximum absolute atomic E-state index is 12.4. The number of hydrogen-bond acceptors (Lipinski definition) is 5. The Morgan fingerprint density at radius 1 is 1.38 bits per heavy atom. The molecule has 0 saturated heterocycles. The van der Waals surface area contributed by atoms with Gasteiger partial charge in [0.15, 0.2) is 11.5 Å². The first-order chi connectivity index (χ1) is 11.3. The fourth-order valence-electron chi connectivity index (χ4n) is 1.73. The number of phenolic OH excluding ortho intramolecular Hbond substituents is 1. The highest BCUT2D eigenvalue weighted by atomic mass is 79.9. The molecule has 24 heavy (non-hydrogen) atoms. The Balaban J connectivity index is 2.09. The Bertz CT molecular complexity index is 734. The SMILES string of the molecule is CCOc1cc(/C=N\Nc2ccc(C(F)(F)F)cn2)cc(Br)c1O. The molecular weight excluding hydrogens is 391 g/mol. The second kappa shape index (κ2) is 7.52. The van der Waals surface area contributed by atoms with Crippen molar-refractivity contribution >= 4 is 28.0 Å². The van der Waals surface area contributed by atoms with Crippen molar-refractivity contribution in [1.82, 2.24) is 4.98 Å². The van der Waals surface area contributed by atoms with Crippen LogP contribution in [0.3, 0.4) is 0 Å². The topological polar surface area (TPSA) is 66.7 Å². The van der Waals surface area contributed by atoms with Crippen LogP contribution in [0.2, 0.25) is 0 Å². The summed E-state index contributed by atoms with van der Waals surface area (Å²) in [6, 6.07) is 5.28. The maximum Gasteiger partial charge on any atom is 0.417 e. The van der Waals surface area contributed by atoms with Crippen LogP contribution in [-0.2, 0) is 6.18 Å². The van der Waals surface area contributed by atoms with Crippen molar-refractivity contribution in [3.8, 4) is 11.5 Å². The van der Waals surface area contributed by atoms with Gasteiger partial charge in [-0.05, 0) is 52.7 Å². The van der Waals surface area contributed by atoms with E-state index in [2.05, 4.69) is 31.4 Å². The van der Waals surface area contributed by atoms with E-state index < -0.39 is 11.7 Å². The maximum atomic E-state index is 12.4. The van der Waals surface area contributed by atoms with Crippen molar-refractivity contribution < 1.29 is 23.0 Å². The Hall–Kier alpha value is -2.29. The third-order valence-corrected chi connectivity index (χ3v) is 3.44. The molecule has 0 aliphatic rings. The van der Waals surface area contributed by atoms with Gasteiger partial charge in [0.25, 0.3) is 0 Å². The van der Waals surface area contributed by atoms with Crippen LogP contribution in [0.25, 0.3) is 0 Å². The number of anilines is 1. The normalized spacial score (nSPS) is 11.7. The molecule has 2 rings (SSSR count). The third kappa shape index (κ3) is 4.60. The highest BCUT2D eigenvalue weighted by Gasteiger charge is 2.30. The fraction of sp³-hybridized carbons (Fsp3) is 0.200. The lowest BCUT2D eigenvalue weighted by atomic mass is 10.2. The molecule has 0 spiro atoms. The summed E-state index contributed by atoms with van der Waals surface area (Å²) in [5.74, 6) is 0.439. The highest BCUT2D eigenvalue weighted by molar-refractivity contribution is 9.10. The summed E-state index contributed by atoms with van der Waals surface area (Å²) >= 11 is 3.20. The van der Waals surface area contributed by atoms with Crippen LogP contribution in [0.1, 0.15) is 18.1 Å². The lowest BCUT2D eigenvalue weighted by Gasteiger charge is -2.08. The van der Waals surface area contributed by atoms with Gasteiger partial charge in [0.1, 0.15) is 5.82 Å². The molecular formula is C15H13BrF3N3O2. The number of benzene rings is 1. The summed E-state index contributed by atoms with van der Waals surface area (Å²) < 4.78 is 43.0. The van der Waals surface area contributed by atoms with Crippen molar-refractivity contribution in [3.63, 3.8) is 0 Å². The lowest BCUT2D eigenvalue weighted by Crippen LogP contribution is -2.05. The van der Waals surface area contributed by atoms with Crippen LogP contribution < -0.4 is 10.2 Å². The van der Waals surface area contributed by atoms with Crippen LogP contribution in [0, 0.1) is 0 Å². The summed E-state index contributed by atoms with van der Waals surface area (Å²) in [6.07, 6.45) is -2.28. The number of alkyl halides is 3. The largest absolute Gasteiger partial charge is 0.503 e. The van der Waals surface area contributed by atoms with E-state index in [-0.39, 0.29) is 11.6 Å². The summed E-state index contributed by atoms with van der Waals surface area (Å²) in [4.78, 5) is 3.64. The monoisotopic (exact) mass is 403 g/mol.